The van der Waals surface area contributed by atoms with E-state index in [0.29, 0.717) is 6.67 Å². The van der Waals surface area contributed by atoms with E-state index >= 15 is 0 Å². The van der Waals surface area contributed by atoms with E-state index in [-0.39, 0.29) is 0 Å². The standard InChI is InChI=1S/C8H11F3N2O2/c1-6(13-4-3-12(2)5-13)15-7(14)8(9,10)11/h3-4,6H,5H2,1-2H3. The van der Waals surface area contributed by atoms with E-state index in [1.54, 1.807) is 24.3 Å². The molecule has 0 fully saturated rings. The molecule has 0 saturated carbocycles. The first-order valence-electron chi connectivity index (χ1n) is 4.23. The molecule has 0 aliphatic carbocycles. The first-order valence-corrected chi connectivity index (χ1v) is 4.23. The highest BCUT2D eigenvalue weighted by atomic mass is 19.4. The summed E-state index contributed by atoms with van der Waals surface area (Å²) in [5.41, 5.74) is 0. The minimum Gasteiger partial charge on any atom is -0.435 e. The van der Waals surface area contributed by atoms with Crippen molar-refractivity contribution >= 4 is 5.97 Å². The molecule has 0 N–H and O–H groups in total. The van der Waals surface area contributed by atoms with Crippen molar-refractivity contribution in [2.75, 3.05) is 13.7 Å². The second-order valence-electron chi connectivity index (χ2n) is 3.21. The van der Waals surface area contributed by atoms with Gasteiger partial charge in [0, 0.05) is 19.4 Å². The summed E-state index contributed by atoms with van der Waals surface area (Å²) in [6.07, 6.45) is -2.63. The molecule has 15 heavy (non-hydrogen) atoms. The molecule has 86 valence electrons. The molecule has 0 aromatic heterocycles. The van der Waals surface area contributed by atoms with Gasteiger partial charge in [-0.25, -0.2) is 4.79 Å². The third-order valence-corrected chi connectivity index (χ3v) is 1.88. The second-order valence-corrected chi connectivity index (χ2v) is 3.21. The Bertz CT molecular complexity index is 278. The van der Waals surface area contributed by atoms with Gasteiger partial charge in [0.2, 0.25) is 0 Å². The van der Waals surface area contributed by atoms with Crippen molar-refractivity contribution in [2.24, 2.45) is 0 Å². The van der Waals surface area contributed by atoms with Crippen LogP contribution in [0, 0.1) is 0 Å². The number of halogens is 3. The predicted molar refractivity (Wildman–Crippen MR) is 45.2 cm³/mol. The minimum absolute atomic E-state index is 0.395. The fraction of sp³-hybridized carbons (Fsp3) is 0.625. The number of hydrogen-bond acceptors (Lipinski definition) is 4. The molecular weight excluding hydrogens is 213 g/mol. The van der Waals surface area contributed by atoms with E-state index in [1.807, 2.05) is 0 Å². The summed E-state index contributed by atoms with van der Waals surface area (Å²) in [5.74, 6) is -2.17. The van der Waals surface area contributed by atoms with Crippen molar-refractivity contribution in [2.45, 2.75) is 19.3 Å². The van der Waals surface area contributed by atoms with E-state index in [4.69, 9.17) is 0 Å². The van der Waals surface area contributed by atoms with Crippen LogP contribution in [0.2, 0.25) is 0 Å². The lowest BCUT2D eigenvalue weighted by molar-refractivity contribution is -0.210. The van der Waals surface area contributed by atoms with Gasteiger partial charge in [-0.15, -0.1) is 0 Å². The Labute approximate surface area is 84.9 Å². The van der Waals surface area contributed by atoms with Gasteiger partial charge in [-0.3, -0.25) is 0 Å². The zero-order valence-electron chi connectivity index (χ0n) is 8.28. The number of rotatable bonds is 2. The Hall–Kier alpha value is -1.40. The lowest BCUT2D eigenvalue weighted by Gasteiger charge is -2.25. The highest BCUT2D eigenvalue weighted by Crippen LogP contribution is 2.19. The smallest absolute Gasteiger partial charge is 0.435 e. The summed E-state index contributed by atoms with van der Waals surface area (Å²) in [5, 5.41) is 0. The lowest BCUT2D eigenvalue weighted by Crippen LogP contribution is -2.38. The van der Waals surface area contributed by atoms with Crippen molar-refractivity contribution in [1.82, 2.24) is 9.80 Å². The number of alkyl halides is 3. The number of nitrogens with zero attached hydrogens (tertiary/aromatic N) is 2. The van der Waals surface area contributed by atoms with Gasteiger partial charge in [0.15, 0.2) is 6.23 Å². The quantitative estimate of drug-likeness (QED) is 0.658. The number of hydrogen-bond donors (Lipinski definition) is 0. The molecule has 0 radical (unpaired) electrons. The number of carbonyl (C=O) groups is 1. The summed E-state index contributed by atoms with van der Waals surface area (Å²) in [7, 11) is 1.76. The molecule has 0 bridgehead atoms. The first-order chi connectivity index (χ1) is 6.80. The normalized spacial score (nSPS) is 18.2. The Balaban J connectivity index is 2.46. The summed E-state index contributed by atoms with van der Waals surface area (Å²) in [4.78, 5) is 13.7. The van der Waals surface area contributed by atoms with Crippen LogP contribution < -0.4 is 0 Å². The van der Waals surface area contributed by atoms with Gasteiger partial charge in [0.1, 0.15) is 0 Å². The van der Waals surface area contributed by atoms with E-state index in [0.717, 1.165) is 0 Å². The van der Waals surface area contributed by atoms with Gasteiger partial charge < -0.3 is 14.5 Å². The highest BCUT2D eigenvalue weighted by molar-refractivity contribution is 5.75. The molecular formula is C8H11F3N2O2. The molecule has 0 saturated heterocycles. The van der Waals surface area contributed by atoms with Crippen LogP contribution in [0.4, 0.5) is 13.2 Å². The topological polar surface area (TPSA) is 32.8 Å². The molecule has 1 heterocycles. The number of ether oxygens (including phenoxy) is 1. The number of esters is 1. The van der Waals surface area contributed by atoms with Crippen molar-refractivity contribution in [3.8, 4) is 0 Å². The molecule has 1 atom stereocenters. The summed E-state index contributed by atoms with van der Waals surface area (Å²) < 4.78 is 39.8. The molecule has 1 rings (SSSR count). The average Bonchev–Trinajstić information content (AvgIpc) is 2.50. The molecule has 0 spiro atoms. The van der Waals surface area contributed by atoms with Crippen LogP contribution in [0.3, 0.4) is 0 Å². The summed E-state index contributed by atoms with van der Waals surface area (Å²) in [6, 6.07) is 0. The molecule has 1 aliphatic heterocycles. The SMILES string of the molecule is CC(OC(=O)C(F)(F)F)N1C=CN(C)C1. The second kappa shape index (κ2) is 4.00. The van der Waals surface area contributed by atoms with Gasteiger partial charge in [0.25, 0.3) is 0 Å². The van der Waals surface area contributed by atoms with Gasteiger partial charge in [-0.05, 0) is 6.92 Å². The van der Waals surface area contributed by atoms with Crippen LogP contribution in [-0.4, -0.2) is 41.9 Å². The highest BCUT2D eigenvalue weighted by Gasteiger charge is 2.42. The van der Waals surface area contributed by atoms with Crippen molar-refractivity contribution < 1.29 is 22.7 Å². The van der Waals surface area contributed by atoms with Gasteiger partial charge in [0.05, 0.1) is 6.67 Å². The lowest BCUT2D eigenvalue weighted by atomic mass is 10.5. The number of carbonyl (C=O) groups excluding carboxylic acids is 1. The van der Waals surface area contributed by atoms with Crippen molar-refractivity contribution in [3.05, 3.63) is 12.4 Å². The van der Waals surface area contributed by atoms with Crippen LogP contribution >= 0.6 is 0 Å². The largest absolute Gasteiger partial charge is 0.491 e. The Morgan fingerprint density at radius 1 is 1.47 bits per heavy atom. The maximum absolute atomic E-state index is 11.9. The van der Waals surface area contributed by atoms with Crippen molar-refractivity contribution in [1.29, 1.82) is 0 Å². The molecule has 1 unspecified atom stereocenters. The van der Waals surface area contributed by atoms with Gasteiger partial charge in [-0.1, -0.05) is 0 Å². The van der Waals surface area contributed by atoms with E-state index < -0.39 is 18.4 Å². The first kappa shape index (κ1) is 11.7. The molecule has 4 nitrogen and oxygen atoms in total. The third kappa shape index (κ3) is 3.03. The third-order valence-electron chi connectivity index (χ3n) is 1.88. The minimum atomic E-state index is -4.94. The Kier molecular flexibility index (Phi) is 3.11. The van der Waals surface area contributed by atoms with Crippen LogP contribution in [-0.2, 0) is 9.53 Å². The molecule has 0 aromatic carbocycles. The fourth-order valence-electron chi connectivity index (χ4n) is 1.08. The van der Waals surface area contributed by atoms with Gasteiger partial charge >= 0.3 is 12.1 Å². The van der Waals surface area contributed by atoms with E-state index in [9.17, 15) is 18.0 Å². The van der Waals surface area contributed by atoms with E-state index in [2.05, 4.69) is 4.74 Å². The van der Waals surface area contributed by atoms with Gasteiger partial charge in [-0.2, -0.15) is 13.2 Å². The predicted octanol–water partition coefficient (Wildman–Crippen LogP) is 1.11. The molecule has 0 aromatic rings. The maximum Gasteiger partial charge on any atom is 0.491 e. The fourth-order valence-corrected chi connectivity index (χ4v) is 1.08. The molecule has 1 aliphatic rings. The Morgan fingerprint density at radius 2 is 2.07 bits per heavy atom. The maximum atomic E-state index is 11.9. The van der Waals surface area contributed by atoms with Crippen LogP contribution in [0.15, 0.2) is 12.4 Å². The monoisotopic (exact) mass is 224 g/mol. The molecule has 7 heteroatoms. The zero-order valence-corrected chi connectivity index (χ0v) is 8.28. The summed E-state index contributed by atoms with van der Waals surface area (Å²) in [6.45, 7) is 1.78. The summed E-state index contributed by atoms with van der Waals surface area (Å²) >= 11 is 0. The zero-order chi connectivity index (χ0) is 11.6. The molecule has 0 amide bonds. The van der Waals surface area contributed by atoms with Crippen LogP contribution in [0.5, 0.6) is 0 Å². The Morgan fingerprint density at radius 3 is 2.47 bits per heavy atom. The van der Waals surface area contributed by atoms with E-state index in [1.165, 1.54) is 11.8 Å². The van der Waals surface area contributed by atoms with Crippen molar-refractivity contribution in [3.63, 3.8) is 0 Å². The van der Waals surface area contributed by atoms with Crippen LogP contribution in [0.1, 0.15) is 6.92 Å². The van der Waals surface area contributed by atoms with Crippen LogP contribution in [0.25, 0.3) is 0 Å². The average molecular weight is 224 g/mol.